The van der Waals surface area contributed by atoms with Crippen LogP contribution in [0.2, 0.25) is 0 Å². The van der Waals surface area contributed by atoms with Gasteiger partial charge >= 0.3 is 5.97 Å². The van der Waals surface area contributed by atoms with Crippen molar-refractivity contribution in [1.82, 2.24) is 4.98 Å². The lowest BCUT2D eigenvalue weighted by molar-refractivity contribution is -0.151. The molecule has 36 heavy (non-hydrogen) atoms. The molecule has 7 atom stereocenters. The molecule has 0 aliphatic carbocycles. The zero-order valence-corrected chi connectivity index (χ0v) is 23.8. The smallest absolute Gasteiger partial charge is 0.309 e. The van der Waals surface area contributed by atoms with E-state index in [2.05, 4.69) is 24.9 Å². The Morgan fingerprint density at radius 3 is 2.47 bits per heavy atom. The number of carbonyl (C=O) groups is 2. The highest BCUT2D eigenvalue weighted by Gasteiger charge is 2.34. The van der Waals surface area contributed by atoms with Gasteiger partial charge < -0.3 is 14.9 Å². The molecule has 0 radical (unpaired) electrons. The maximum absolute atomic E-state index is 13.0. The number of Topliss-reactive ketones (excluding diaryl/α,β-unsaturated/α-hetero) is 1. The van der Waals surface area contributed by atoms with Crippen molar-refractivity contribution in [2.24, 2.45) is 23.7 Å². The van der Waals surface area contributed by atoms with E-state index in [9.17, 15) is 19.8 Å². The van der Waals surface area contributed by atoms with Crippen LogP contribution in [0.4, 0.5) is 0 Å². The fourth-order valence-electron chi connectivity index (χ4n) is 4.95. The molecule has 0 bridgehead atoms. The first kappa shape index (κ1) is 30.4. The van der Waals surface area contributed by atoms with E-state index in [1.165, 1.54) is 5.57 Å². The standard InChI is InChI=1S/C29H45NO5S/c1-17-9-8-10-18(2)13-20(4)28(33)22(6)29(34)21(5)25(31)15-27(32)35-26(12-11-17)19(3)14-24-16-36-23(7)30-24/h11,14,16,18,20-22,25-26,28,31,33H,8-10,12-13,15H2,1-7H3/b17-11-,19-14+/t18?,20-,21-,22+,25-,26-,28-/m0/s1. The fraction of sp³-hybridized carbons (Fsp3) is 0.690. The van der Waals surface area contributed by atoms with E-state index in [1.54, 1.807) is 25.2 Å². The van der Waals surface area contributed by atoms with E-state index >= 15 is 0 Å². The van der Waals surface area contributed by atoms with Crippen LogP contribution in [0.5, 0.6) is 0 Å². The average molecular weight is 520 g/mol. The molecule has 202 valence electrons. The third-order valence-corrected chi connectivity index (χ3v) is 8.25. The first-order chi connectivity index (χ1) is 16.9. The number of aliphatic hydroxyl groups excluding tert-OH is 2. The summed E-state index contributed by atoms with van der Waals surface area (Å²) in [6, 6.07) is 0. The number of cyclic esters (lactones) is 1. The van der Waals surface area contributed by atoms with Crippen molar-refractivity contribution in [1.29, 1.82) is 0 Å². The van der Waals surface area contributed by atoms with Gasteiger partial charge in [0.2, 0.25) is 0 Å². The summed E-state index contributed by atoms with van der Waals surface area (Å²) in [5.74, 6) is -1.75. The van der Waals surface area contributed by atoms with Crippen molar-refractivity contribution >= 4 is 29.2 Å². The lowest BCUT2D eigenvalue weighted by Gasteiger charge is -2.29. The Bertz CT molecular complexity index is 936. The molecule has 0 spiro atoms. The van der Waals surface area contributed by atoms with E-state index in [1.807, 2.05) is 32.2 Å². The SMILES string of the molecule is C/C1=C/C[C@@H](/C(C)=C/c2csc(C)n2)OC(=O)C[C@H](O)[C@H](C)C(=O)[C@H](C)[C@@H](O)[C@@H](C)CC(C)CCC1. The summed E-state index contributed by atoms with van der Waals surface area (Å²) in [5.41, 5.74) is 2.97. The van der Waals surface area contributed by atoms with Crippen LogP contribution in [0.1, 0.15) is 90.8 Å². The summed E-state index contributed by atoms with van der Waals surface area (Å²) in [4.78, 5) is 30.3. The number of carbonyl (C=O) groups excluding carboxylic acids is 2. The van der Waals surface area contributed by atoms with Crippen molar-refractivity contribution < 1.29 is 24.5 Å². The van der Waals surface area contributed by atoms with Crippen molar-refractivity contribution in [2.75, 3.05) is 0 Å². The molecule has 0 aromatic carbocycles. The summed E-state index contributed by atoms with van der Waals surface area (Å²) in [6.07, 6.45) is 5.79. The van der Waals surface area contributed by atoms with Crippen LogP contribution in [0.15, 0.2) is 22.6 Å². The van der Waals surface area contributed by atoms with E-state index in [4.69, 9.17) is 4.74 Å². The maximum Gasteiger partial charge on any atom is 0.309 e. The molecule has 7 heteroatoms. The molecule has 2 rings (SSSR count). The maximum atomic E-state index is 13.0. The lowest BCUT2D eigenvalue weighted by Crippen LogP contribution is -2.39. The molecule has 6 nitrogen and oxygen atoms in total. The number of aryl methyl sites for hydroxylation is 1. The molecular formula is C29H45NO5S. The van der Waals surface area contributed by atoms with Crippen molar-refractivity contribution in [3.63, 3.8) is 0 Å². The quantitative estimate of drug-likeness (QED) is 0.373. The summed E-state index contributed by atoms with van der Waals surface area (Å²) in [7, 11) is 0. The molecule has 0 amide bonds. The second-order valence-electron chi connectivity index (χ2n) is 10.9. The molecule has 1 aromatic rings. The molecule has 0 saturated carbocycles. The number of allylic oxidation sites excluding steroid dienone is 1. The molecule has 1 aliphatic rings. The summed E-state index contributed by atoms with van der Waals surface area (Å²) in [5, 5.41) is 24.5. The summed E-state index contributed by atoms with van der Waals surface area (Å²) in [6.45, 7) is 13.5. The molecule has 1 aromatic heterocycles. The predicted molar refractivity (Wildman–Crippen MR) is 146 cm³/mol. The van der Waals surface area contributed by atoms with E-state index in [0.29, 0.717) is 12.3 Å². The number of thiazole rings is 1. The number of hydrogen-bond donors (Lipinski definition) is 2. The number of aromatic nitrogens is 1. The van der Waals surface area contributed by atoms with Crippen LogP contribution in [-0.2, 0) is 14.3 Å². The Morgan fingerprint density at radius 1 is 1.14 bits per heavy atom. The molecule has 1 aliphatic heterocycles. The number of ketones is 1. The van der Waals surface area contributed by atoms with Crippen molar-refractivity contribution in [3.8, 4) is 0 Å². The molecule has 2 heterocycles. The Morgan fingerprint density at radius 2 is 1.83 bits per heavy atom. The van der Waals surface area contributed by atoms with E-state index < -0.39 is 36.1 Å². The largest absolute Gasteiger partial charge is 0.457 e. The highest BCUT2D eigenvalue weighted by atomic mass is 32.1. The van der Waals surface area contributed by atoms with Gasteiger partial charge in [-0.1, -0.05) is 45.8 Å². The predicted octanol–water partition coefficient (Wildman–Crippen LogP) is 5.90. The second-order valence-corrected chi connectivity index (χ2v) is 12.0. The van der Waals surface area contributed by atoms with Crippen molar-refractivity contribution in [2.45, 2.75) is 105 Å². The van der Waals surface area contributed by atoms with Gasteiger partial charge in [-0.25, -0.2) is 4.98 Å². The third kappa shape index (κ3) is 9.24. The lowest BCUT2D eigenvalue weighted by atomic mass is 9.80. The minimum absolute atomic E-state index is 0.0270. The van der Waals surface area contributed by atoms with Gasteiger partial charge in [0, 0.05) is 23.6 Å². The first-order valence-electron chi connectivity index (χ1n) is 13.2. The molecule has 0 fully saturated rings. The minimum Gasteiger partial charge on any atom is -0.457 e. The number of nitrogens with zero attached hydrogens (tertiary/aromatic N) is 1. The van der Waals surface area contributed by atoms with E-state index in [0.717, 1.165) is 42.0 Å². The van der Waals surface area contributed by atoms with Gasteiger partial charge in [-0.05, 0) is 63.5 Å². The monoisotopic (exact) mass is 519 g/mol. The third-order valence-electron chi connectivity index (χ3n) is 7.46. The van der Waals surface area contributed by atoms with Gasteiger partial charge in [-0.2, -0.15) is 0 Å². The first-order valence-corrected chi connectivity index (χ1v) is 14.1. The Balaban J connectivity index is 2.28. The average Bonchev–Trinajstić information content (AvgIpc) is 3.23. The molecular weight excluding hydrogens is 474 g/mol. The molecule has 0 saturated heterocycles. The summed E-state index contributed by atoms with van der Waals surface area (Å²) >= 11 is 1.57. The zero-order chi connectivity index (χ0) is 27.0. The fourth-order valence-corrected chi connectivity index (χ4v) is 5.52. The van der Waals surface area contributed by atoms with Crippen LogP contribution in [0.25, 0.3) is 6.08 Å². The van der Waals surface area contributed by atoms with Crippen LogP contribution in [0.3, 0.4) is 0 Å². The van der Waals surface area contributed by atoms with Gasteiger partial charge in [0.15, 0.2) is 0 Å². The van der Waals surface area contributed by atoms with Gasteiger partial charge in [-0.15, -0.1) is 11.3 Å². The highest BCUT2D eigenvalue weighted by Crippen LogP contribution is 2.28. The Kier molecular flexibility index (Phi) is 12.0. The zero-order valence-electron chi connectivity index (χ0n) is 23.0. The summed E-state index contributed by atoms with van der Waals surface area (Å²) < 4.78 is 5.82. The van der Waals surface area contributed by atoms with Crippen molar-refractivity contribution in [3.05, 3.63) is 33.3 Å². The number of aliphatic hydroxyl groups is 2. The normalized spacial score (nSPS) is 34.3. The van der Waals surface area contributed by atoms with Crippen LogP contribution < -0.4 is 0 Å². The van der Waals surface area contributed by atoms with Gasteiger partial charge in [0.1, 0.15) is 11.9 Å². The van der Waals surface area contributed by atoms with E-state index in [-0.39, 0.29) is 18.1 Å². The molecule has 1 unspecified atom stereocenters. The van der Waals surface area contributed by atoms with Gasteiger partial charge in [-0.3, -0.25) is 9.59 Å². The second kappa shape index (κ2) is 14.2. The number of esters is 1. The minimum atomic E-state index is -1.17. The number of rotatable bonds is 2. The topological polar surface area (TPSA) is 96.7 Å². The van der Waals surface area contributed by atoms with Crippen LogP contribution >= 0.6 is 11.3 Å². The molecule has 2 N–H and O–H groups in total. The van der Waals surface area contributed by atoms with Crippen LogP contribution in [-0.4, -0.2) is 45.3 Å². The van der Waals surface area contributed by atoms with Gasteiger partial charge in [0.05, 0.1) is 29.3 Å². The Labute approximate surface area is 220 Å². The number of hydrogen-bond acceptors (Lipinski definition) is 7. The number of ether oxygens (including phenoxy) is 1. The van der Waals surface area contributed by atoms with Gasteiger partial charge in [0.25, 0.3) is 0 Å². The Hall–Kier alpha value is -1.83. The van der Waals surface area contributed by atoms with Crippen LogP contribution in [0, 0.1) is 30.6 Å². The highest BCUT2D eigenvalue weighted by molar-refractivity contribution is 7.09.